The lowest BCUT2D eigenvalue weighted by atomic mass is 9.92. The van der Waals surface area contributed by atoms with Crippen LogP contribution >= 0.6 is 12.4 Å². The van der Waals surface area contributed by atoms with Crippen LogP contribution in [0.4, 0.5) is 0 Å². The second-order valence-corrected chi connectivity index (χ2v) is 6.83. The van der Waals surface area contributed by atoms with E-state index in [9.17, 15) is 5.11 Å². The summed E-state index contributed by atoms with van der Waals surface area (Å²) in [5.41, 5.74) is 2.38. The second-order valence-electron chi connectivity index (χ2n) is 6.83. The van der Waals surface area contributed by atoms with Gasteiger partial charge < -0.3 is 14.7 Å². The molecule has 2 rings (SSSR count). The molecule has 3 unspecified atom stereocenters. The molecule has 0 spiro atoms. The number of nitrogens with zero attached hydrogens (tertiary/aromatic N) is 1. The molecule has 0 saturated carbocycles. The molecule has 1 heterocycles. The topological polar surface area (TPSA) is 32.7 Å². The molecular formula is C18H30ClNO2. The quantitative estimate of drug-likeness (QED) is 0.899. The molecule has 1 saturated heterocycles. The molecular weight excluding hydrogens is 298 g/mol. The van der Waals surface area contributed by atoms with Crippen LogP contribution in [-0.2, 0) is 0 Å². The zero-order valence-electron chi connectivity index (χ0n) is 14.2. The maximum absolute atomic E-state index is 10.2. The highest BCUT2D eigenvalue weighted by Gasteiger charge is 2.23. The lowest BCUT2D eigenvalue weighted by Crippen LogP contribution is -2.44. The van der Waals surface area contributed by atoms with Crippen molar-refractivity contribution in [1.29, 1.82) is 0 Å². The van der Waals surface area contributed by atoms with Crippen LogP contribution in [0.2, 0.25) is 0 Å². The van der Waals surface area contributed by atoms with Gasteiger partial charge in [-0.2, -0.15) is 0 Å². The standard InChI is InChI=1S/C18H29NO2.ClH/c1-13-8-14(2)10-19(9-13)11-17(20)12-21-18-7-5-6-15(3)16(18)4;/h5-7,13-14,17,20H,8-12H2,1-4H3;1H. The number of aliphatic hydroxyl groups is 1. The maximum atomic E-state index is 10.2. The third kappa shape index (κ3) is 5.45. The number of aryl methyl sites for hydroxylation is 1. The van der Waals surface area contributed by atoms with Crippen molar-refractivity contribution in [3.63, 3.8) is 0 Å². The summed E-state index contributed by atoms with van der Waals surface area (Å²) in [5, 5.41) is 10.2. The number of hydrogen-bond acceptors (Lipinski definition) is 3. The van der Waals surface area contributed by atoms with E-state index < -0.39 is 6.10 Å². The number of aliphatic hydroxyl groups excluding tert-OH is 1. The number of ether oxygens (including phenoxy) is 1. The van der Waals surface area contributed by atoms with E-state index in [0.29, 0.717) is 13.2 Å². The lowest BCUT2D eigenvalue weighted by molar-refractivity contribution is 0.0427. The fourth-order valence-corrected chi connectivity index (χ4v) is 3.36. The first-order chi connectivity index (χ1) is 9.95. The smallest absolute Gasteiger partial charge is 0.122 e. The molecule has 1 aromatic carbocycles. The van der Waals surface area contributed by atoms with E-state index in [1.165, 1.54) is 12.0 Å². The van der Waals surface area contributed by atoms with Gasteiger partial charge in [-0.25, -0.2) is 0 Å². The van der Waals surface area contributed by atoms with Gasteiger partial charge in [0.2, 0.25) is 0 Å². The molecule has 1 fully saturated rings. The van der Waals surface area contributed by atoms with Crippen molar-refractivity contribution in [2.24, 2.45) is 11.8 Å². The maximum Gasteiger partial charge on any atom is 0.122 e. The van der Waals surface area contributed by atoms with Crippen molar-refractivity contribution < 1.29 is 9.84 Å². The molecule has 1 aromatic rings. The van der Waals surface area contributed by atoms with Crippen molar-refractivity contribution in [2.75, 3.05) is 26.2 Å². The van der Waals surface area contributed by atoms with Crippen molar-refractivity contribution in [2.45, 2.75) is 40.2 Å². The van der Waals surface area contributed by atoms with Gasteiger partial charge >= 0.3 is 0 Å². The fourth-order valence-electron chi connectivity index (χ4n) is 3.36. The Balaban J connectivity index is 0.00000242. The van der Waals surface area contributed by atoms with Crippen LogP contribution in [0.3, 0.4) is 0 Å². The largest absolute Gasteiger partial charge is 0.491 e. The molecule has 0 aliphatic carbocycles. The van der Waals surface area contributed by atoms with Gasteiger partial charge in [-0.05, 0) is 49.3 Å². The molecule has 0 radical (unpaired) electrons. The van der Waals surface area contributed by atoms with E-state index in [0.717, 1.165) is 36.2 Å². The van der Waals surface area contributed by atoms with Crippen LogP contribution < -0.4 is 4.74 Å². The predicted molar refractivity (Wildman–Crippen MR) is 94.1 cm³/mol. The van der Waals surface area contributed by atoms with Crippen molar-refractivity contribution in [3.05, 3.63) is 29.3 Å². The van der Waals surface area contributed by atoms with Crippen LogP contribution in [0.25, 0.3) is 0 Å². The fraction of sp³-hybridized carbons (Fsp3) is 0.667. The Morgan fingerprint density at radius 2 is 1.86 bits per heavy atom. The molecule has 4 heteroatoms. The van der Waals surface area contributed by atoms with E-state index in [1.807, 2.05) is 12.1 Å². The molecule has 0 aromatic heterocycles. The highest BCUT2D eigenvalue weighted by molar-refractivity contribution is 5.85. The number of hydrogen-bond donors (Lipinski definition) is 1. The van der Waals surface area contributed by atoms with Gasteiger partial charge in [0.1, 0.15) is 18.5 Å². The van der Waals surface area contributed by atoms with Gasteiger partial charge in [0.15, 0.2) is 0 Å². The first-order valence-corrected chi connectivity index (χ1v) is 8.05. The van der Waals surface area contributed by atoms with E-state index in [1.54, 1.807) is 0 Å². The van der Waals surface area contributed by atoms with Crippen LogP contribution in [0.1, 0.15) is 31.4 Å². The Kier molecular flexibility index (Phi) is 7.67. The van der Waals surface area contributed by atoms with E-state index in [4.69, 9.17) is 4.74 Å². The lowest BCUT2D eigenvalue weighted by Gasteiger charge is -2.35. The van der Waals surface area contributed by atoms with Gasteiger partial charge in [0.05, 0.1) is 0 Å². The Morgan fingerprint density at radius 1 is 1.23 bits per heavy atom. The summed E-state index contributed by atoms with van der Waals surface area (Å²) in [6, 6.07) is 6.05. The van der Waals surface area contributed by atoms with Crippen molar-refractivity contribution in [3.8, 4) is 5.75 Å². The minimum atomic E-state index is -0.428. The summed E-state index contributed by atoms with van der Waals surface area (Å²) >= 11 is 0. The van der Waals surface area contributed by atoms with Gasteiger partial charge in [-0.3, -0.25) is 0 Å². The summed E-state index contributed by atoms with van der Waals surface area (Å²) in [7, 11) is 0. The number of piperidine rings is 1. The monoisotopic (exact) mass is 327 g/mol. The average Bonchev–Trinajstić information content (AvgIpc) is 2.39. The minimum Gasteiger partial charge on any atom is -0.491 e. The van der Waals surface area contributed by atoms with Crippen molar-refractivity contribution >= 4 is 12.4 Å². The number of likely N-dealkylation sites (tertiary alicyclic amines) is 1. The molecule has 1 aliphatic heterocycles. The summed E-state index contributed by atoms with van der Waals surface area (Å²) in [6.07, 6.45) is 0.869. The molecule has 22 heavy (non-hydrogen) atoms. The number of β-amino-alcohol motifs (C(OH)–C–C–N with tert-alkyl or cyclic N) is 1. The summed E-state index contributed by atoms with van der Waals surface area (Å²) in [6.45, 7) is 12.0. The van der Waals surface area contributed by atoms with Gasteiger partial charge in [0, 0.05) is 19.6 Å². The zero-order chi connectivity index (χ0) is 15.4. The average molecular weight is 328 g/mol. The third-order valence-electron chi connectivity index (χ3n) is 4.40. The normalized spacial score (nSPS) is 23.7. The zero-order valence-corrected chi connectivity index (χ0v) is 15.0. The van der Waals surface area contributed by atoms with Crippen LogP contribution in [-0.4, -0.2) is 42.4 Å². The molecule has 1 N–H and O–H groups in total. The summed E-state index contributed by atoms with van der Waals surface area (Å²) < 4.78 is 5.80. The molecule has 126 valence electrons. The highest BCUT2D eigenvalue weighted by Crippen LogP contribution is 2.22. The van der Waals surface area contributed by atoms with Gasteiger partial charge in [-0.15, -0.1) is 12.4 Å². The summed E-state index contributed by atoms with van der Waals surface area (Å²) in [4.78, 5) is 2.37. The molecule has 1 aliphatic rings. The van der Waals surface area contributed by atoms with E-state index >= 15 is 0 Å². The van der Waals surface area contributed by atoms with Crippen LogP contribution in [0.5, 0.6) is 5.75 Å². The van der Waals surface area contributed by atoms with Gasteiger partial charge in [-0.1, -0.05) is 26.0 Å². The molecule has 3 nitrogen and oxygen atoms in total. The predicted octanol–water partition coefficient (Wildman–Crippen LogP) is 3.44. The Bertz CT molecular complexity index is 456. The first-order valence-electron chi connectivity index (χ1n) is 8.05. The Morgan fingerprint density at radius 3 is 2.50 bits per heavy atom. The van der Waals surface area contributed by atoms with Gasteiger partial charge in [0.25, 0.3) is 0 Å². The van der Waals surface area contributed by atoms with Crippen molar-refractivity contribution in [1.82, 2.24) is 4.90 Å². The van der Waals surface area contributed by atoms with E-state index in [-0.39, 0.29) is 12.4 Å². The SMILES string of the molecule is Cc1cccc(OCC(O)CN2CC(C)CC(C)C2)c1C.Cl. The minimum absolute atomic E-state index is 0. The Labute approximate surface area is 141 Å². The highest BCUT2D eigenvalue weighted by atomic mass is 35.5. The Hall–Kier alpha value is -0.770. The first kappa shape index (κ1) is 19.3. The number of rotatable bonds is 5. The number of halogens is 1. The van der Waals surface area contributed by atoms with Crippen LogP contribution in [0, 0.1) is 25.7 Å². The molecule has 0 amide bonds. The van der Waals surface area contributed by atoms with E-state index in [2.05, 4.69) is 38.7 Å². The van der Waals surface area contributed by atoms with Crippen LogP contribution in [0.15, 0.2) is 18.2 Å². The number of benzene rings is 1. The second kappa shape index (κ2) is 8.76. The summed E-state index contributed by atoms with van der Waals surface area (Å²) in [5.74, 6) is 2.33. The molecule has 3 atom stereocenters. The third-order valence-corrected chi connectivity index (χ3v) is 4.40. The molecule has 0 bridgehead atoms.